The Bertz CT molecular complexity index is 350. The summed E-state index contributed by atoms with van der Waals surface area (Å²) >= 11 is 0. The zero-order valence-electron chi connectivity index (χ0n) is 13.5. The third-order valence-electron chi connectivity index (χ3n) is 3.20. The van der Waals surface area contributed by atoms with Crippen LogP contribution < -0.4 is 0 Å². The van der Waals surface area contributed by atoms with Crippen LogP contribution in [-0.2, 0) is 23.2 Å². The normalized spacial score (nSPS) is 23.9. The smallest absolute Gasteiger partial charge is 0.334 e. The van der Waals surface area contributed by atoms with Crippen molar-refractivity contribution in [2.75, 3.05) is 34.8 Å². The van der Waals surface area contributed by atoms with E-state index in [1.54, 1.807) is 28.2 Å². The molecule has 122 valence electrons. The number of hydrogen-bond acceptors (Lipinski definition) is 5. The van der Waals surface area contributed by atoms with E-state index < -0.39 is 20.8 Å². The van der Waals surface area contributed by atoms with E-state index in [1.807, 2.05) is 0 Å². The van der Waals surface area contributed by atoms with E-state index in [0.717, 1.165) is 6.42 Å². The van der Waals surface area contributed by atoms with Gasteiger partial charge in [0.1, 0.15) is 0 Å². The van der Waals surface area contributed by atoms with Crippen molar-refractivity contribution in [3.8, 4) is 0 Å². The zero-order chi connectivity index (χ0) is 16.2. The minimum absolute atomic E-state index is 0.299. The summed E-state index contributed by atoms with van der Waals surface area (Å²) in [4.78, 5) is 27.0. The van der Waals surface area contributed by atoms with Crippen LogP contribution >= 0.6 is 8.60 Å². The minimum Gasteiger partial charge on any atom is -0.346 e. The Hall–Kier alpha value is -0.750. The molecule has 0 spiro atoms. The molecule has 1 aliphatic heterocycles. The first-order valence-corrected chi connectivity index (χ1v) is 8.06. The predicted octanol–water partition coefficient (Wildman–Crippen LogP) is 1.24. The van der Waals surface area contributed by atoms with Crippen molar-refractivity contribution >= 4 is 20.4 Å². The highest BCUT2D eigenvalue weighted by Crippen LogP contribution is 2.50. The van der Waals surface area contributed by atoms with Crippen LogP contribution in [0.2, 0.25) is 0 Å². The van der Waals surface area contributed by atoms with E-state index in [-0.39, 0.29) is 11.8 Å². The number of hydrogen-bond donors (Lipinski definition) is 0. The summed E-state index contributed by atoms with van der Waals surface area (Å²) in [5.74, 6) is -0.231. The number of carbonyl (C=O) groups is 2. The maximum Gasteiger partial charge on any atom is 0.334 e. The fraction of sp³-hybridized carbons (Fsp3) is 0.846. The molecule has 1 fully saturated rings. The molecule has 1 rings (SSSR count). The summed E-state index contributed by atoms with van der Waals surface area (Å²) in [7, 11) is 4.79. The van der Waals surface area contributed by atoms with Gasteiger partial charge in [-0.15, -0.1) is 0 Å². The van der Waals surface area contributed by atoms with Crippen molar-refractivity contribution < 1.29 is 23.2 Å². The molecule has 2 amide bonds. The van der Waals surface area contributed by atoms with Crippen LogP contribution in [-0.4, -0.2) is 68.6 Å². The summed E-state index contributed by atoms with van der Waals surface area (Å²) in [6.07, 6.45) is -0.917. The summed E-state index contributed by atoms with van der Waals surface area (Å²) in [5.41, 5.74) is 0. The Balaban J connectivity index is 2.74. The largest absolute Gasteiger partial charge is 0.346 e. The van der Waals surface area contributed by atoms with Crippen LogP contribution in [0.5, 0.6) is 0 Å². The van der Waals surface area contributed by atoms with E-state index in [1.165, 1.54) is 9.80 Å². The fourth-order valence-electron chi connectivity index (χ4n) is 1.55. The van der Waals surface area contributed by atoms with Gasteiger partial charge in [0.2, 0.25) is 0 Å². The van der Waals surface area contributed by atoms with Crippen molar-refractivity contribution in [3.63, 3.8) is 0 Å². The lowest BCUT2D eigenvalue weighted by Crippen LogP contribution is -2.47. The Morgan fingerprint density at radius 1 is 1.10 bits per heavy atom. The number of rotatable bonds is 6. The summed E-state index contributed by atoms with van der Waals surface area (Å²) in [5, 5.41) is 0. The van der Waals surface area contributed by atoms with Crippen LogP contribution in [0.3, 0.4) is 0 Å². The highest BCUT2D eigenvalue weighted by molar-refractivity contribution is 7.42. The molecule has 0 bridgehead atoms. The van der Waals surface area contributed by atoms with Gasteiger partial charge in [0.15, 0.2) is 12.2 Å². The Labute approximate surface area is 127 Å². The zero-order valence-corrected chi connectivity index (χ0v) is 14.4. The lowest BCUT2D eigenvalue weighted by molar-refractivity contribution is -0.146. The Morgan fingerprint density at radius 3 is 1.86 bits per heavy atom. The molecule has 3 atom stereocenters. The maximum absolute atomic E-state index is 12.1. The molecule has 0 N–H and O–H groups in total. The van der Waals surface area contributed by atoms with Crippen LogP contribution in [0.15, 0.2) is 0 Å². The predicted molar refractivity (Wildman–Crippen MR) is 79.5 cm³/mol. The SMILES string of the molecule is CC[C@H](C)COP1O[C@@H](C(=O)N(C)C)[C@H](C(=O)N(C)C)O1. The van der Waals surface area contributed by atoms with E-state index in [0.29, 0.717) is 12.5 Å². The van der Waals surface area contributed by atoms with E-state index >= 15 is 0 Å². The van der Waals surface area contributed by atoms with Gasteiger partial charge in [0.25, 0.3) is 11.8 Å². The van der Waals surface area contributed by atoms with Gasteiger partial charge in [-0.2, -0.15) is 0 Å². The van der Waals surface area contributed by atoms with E-state index in [4.69, 9.17) is 13.6 Å². The van der Waals surface area contributed by atoms with Crippen molar-refractivity contribution in [2.24, 2.45) is 5.92 Å². The highest BCUT2D eigenvalue weighted by Gasteiger charge is 2.48. The molecule has 0 aromatic carbocycles. The molecule has 1 saturated heterocycles. The van der Waals surface area contributed by atoms with Crippen molar-refractivity contribution in [1.29, 1.82) is 0 Å². The summed E-state index contributed by atoms with van der Waals surface area (Å²) in [6, 6.07) is 0. The van der Waals surface area contributed by atoms with Gasteiger partial charge in [0.05, 0.1) is 6.61 Å². The average Bonchev–Trinajstić information content (AvgIpc) is 2.86. The molecular weight excluding hydrogens is 295 g/mol. The van der Waals surface area contributed by atoms with Crippen molar-refractivity contribution in [3.05, 3.63) is 0 Å². The third-order valence-corrected chi connectivity index (χ3v) is 4.36. The number of carbonyl (C=O) groups excluding carboxylic acids is 2. The second kappa shape index (κ2) is 8.03. The first-order chi connectivity index (χ1) is 9.77. The number of likely N-dealkylation sites (N-methyl/N-ethyl adjacent to an activating group) is 2. The molecule has 0 aromatic rings. The molecule has 1 aliphatic rings. The first-order valence-electron chi connectivity index (χ1n) is 6.96. The minimum atomic E-state index is -1.67. The summed E-state index contributed by atoms with van der Waals surface area (Å²) < 4.78 is 16.6. The molecule has 1 heterocycles. The van der Waals surface area contributed by atoms with Gasteiger partial charge in [-0.05, 0) is 5.92 Å². The molecule has 7 nitrogen and oxygen atoms in total. The third kappa shape index (κ3) is 4.88. The number of nitrogens with zero attached hydrogens (tertiary/aromatic N) is 2. The second-order valence-corrected chi connectivity index (χ2v) is 6.68. The van der Waals surface area contributed by atoms with Crippen LogP contribution in [0.25, 0.3) is 0 Å². The Morgan fingerprint density at radius 2 is 1.52 bits per heavy atom. The van der Waals surface area contributed by atoms with Gasteiger partial charge < -0.3 is 14.3 Å². The van der Waals surface area contributed by atoms with E-state index in [9.17, 15) is 9.59 Å². The first kappa shape index (κ1) is 18.3. The van der Waals surface area contributed by atoms with Gasteiger partial charge in [-0.1, -0.05) is 20.3 Å². The lowest BCUT2D eigenvalue weighted by Gasteiger charge is -2.21. The maximum atomic E-state index is 12.1. The fourth-order valence-corrected chi connectivity index (χ4v) is 2.87. The van der Waals surface area contributed by atoms with Crippen molar-refractivity contribution in [2.45, 2.75) is 32.5 Å². The molecule has 0 unspecified atom stereocenters. The number of amides is 2. The average molecular weight is 320 g/mol. The van der Waals surface area contributed by atoms with Gasteiger partial charge in [-0.3, -0.25) is 18.6 Å². The van der Waals surface area contributed by atoms with Crippen molar-refractivity contribution in [1.82, 2.24) is 9.80 Å². The van der Waals surface area contributed by atoms with Crippen LogP contribution in [0, 0.1) is 5.92 Å². The molecule has 0 radical (unpaired) electrons. The summed E-state index contributed by atoms with van der Waals surface area (Å²) in [6.45, 7) is 4.60. The van der Waals surface area contributed by atoms with Crippen LogP contribution in [0.1, 0.15) is 20.3 Å². The second-order valence-electron chi connectivity index (χ2n) is 5.55. The molecular formula is C13H25N2O5P. The van der Waals surface area contributed by atoms with Crippen LogP contribution in [0.4, 0.5) is 0 Å². The molecule has 0 saturated carbocycles. The van der Waals surface area contributed by atoms with E-state index in [2.05, 4.69) is 13.8 Å². The highest BCUT2D eigenvalue weighted by atomic mass is 31.2. The quantitative estimate of drug-likeness (QED) is 0.689. The van der Waals surface area contributed by atoms with Gasteiger partial charge in [0, 0.05) is 28.2 Å². The standard InChI is InChI=1S/C13H25N2O5P/c1-7-9(2)8-18-21-19-10(12(16)14(3)4)11(20-21)13(17)15(5)6/h9-11H,7-8H2,1-6H3/t9-,10+,11+/m0/s1. The molecule has 8 heteroatoms. The monoisotopic (exact) mass is 320 g/mol. The molecule has 0 aromatic heterocycles. The molecule has 21 heavy (non-hydrogen) atoms. The van der Waals surface area contributed by atoms with Gasteiger partial charge in [-0.25, -0.2) is 0 Å². The molecule has 0 aliphatic carbocycles. The lowest BCUT2D eigenvalue weighted by atomic mass is 10.1. The van der Waals surface area contributed by atoms with Gasteiger partial charge >= 0.3 is 8.60 Å². The topological polar surface area (TPSA) is 68.3 Å². The Kier molecular flexibility index (Phi) is 7.00.